The predicted molar refractivity (Wildman–Crippen MR) is 239 cm³/mol. The number of hydrogen-bond donors (Lipinski definition) is 0. The molecule has 9 atom stereocenters. The first-order valence-corrected chi connectivity index (χ1v) is 22.7. The van der Waals surface area contributed by atoms with E-state index in [0.29, 0.717) is 19.4 Å². The smallest absolute Gasteiger partial charge is 0.329 e. The van der Waals surface area contributed by atoms with Gasteiger partial charge in [0.1, 0.15) is 5.78 Å². The molecule has 0 aromatic heterocycles. The van der Waals surface area contributed by atoms with Gasteiger partial charge >= 0.3 is 5.97 Å². The third-order valence-electron chi connectivity index (χ3n) is 13.1. The molecule has 2 rings (SSSR count). The number of amides is 2. The van der Waals surface area contributed by atoms with Crippen molar-refractivity contribution in [1.82, 2.24) is 19.8 Å². The van der Waals surface area contributed by atoms with Gasteiger partial charge in [-0.15, -0.1) is 5.06 Å². The number of carbonyl (C=O) groups is 6. The summed E-state index contributed by atoms with van der Waals surface area (Å²) in [6, 6.07) is 8.35. The van der Waals surface area contributed by atoms with E-state index in [1.807, 2.05) is 72.0 Å². The Labute approximate surface area is 372 Å². The number of likely N-dealkylation sites (N-methyl/N-ethyl adjacent to an activating group) is 2. The fourth-order valence-electron chi connectivity index (χ4n) is 9.00. The summed E-state index contributed by atoms with van der Waals surface area (Å²) in [7, 11) is 6.83. The molecule has 0 radical (unpaired) electrons. The zero-order valence-electron chi connectivity index (χ0n) is 40.3. The lowest BCUT2D eigenvalue weighted by Gasteiger charge is -2.41. The predicted octanol–water partition coefficient (Wildman–Crippen LogP) is 6.23. The number of Topliss-reactive ketones (excluding diaryl/α,β-unsaturated/α-hetero) is 2. The first kappa shape index (κ1) is 54.4. The molecule has 1 aromatic rings. The van der Waals surface area contributed by atoms with Crippen LogP contribution in [0, 0.1) is 35.5 Å². The summed E-state index contributed by atoms with van der Waals surface area (Å²) in [6.45, 7) is 20.6. The van der Waals surface area contributed by atoms with Crippen LogP contribution in [-0.4, -0.2) is 140 Å². The molecular formula is C48H80N4O10. The Morgan fingerprint density at radius 1 is 0.855 bits per heavy atom. The SMILES string of the molecule is CC[C@H](C)[C@@H]([C@@H](CC(=O)N1CCC[C@H]1[C@H](OC)[C@@H](C)C(=O)C[C@@H](Cc1ccccc1)C(=O)ON(CC)COC=O)OC)N(C)C(=O)[C@@H](CC(=O)[C@H](C(C)C)N(C)C(C)C)C(C)C. The number of ketones is 2. The Balaban J connectivity index is 2.33. The van der Waals surface area contributed by atoms with Crippen LogP contribution in [0.25, 0.3) is 0 Å². The first-order chi connectivity index (χ1) is 29.3. The fourth-order valence-corrected chi connectivity index (χ4v) is 9.00. The van der Waals surface area contributed by atoms with Crippen molar-refractivity contribution in [3.05, 3.63) is 35.9 Å². The van der Waals surface area contributed by atoms with E-state index >= 15 is 0 Å². The molecule has 1 heterocycles. The summed E-state index contributed by atoms with van der Waals surface area (Å²) in [4.78, 5) is 92.4. The molecule has 62 heavy (non-hydrogen) atoms. The van der Waals surface area contributed by atoms with E-state index in [2.05, 4.69) is 25.7 Å². The number of hydroxylamine groups is 2. The fraction of sp³-hybridized carbons (Fsp3) is 0.750. The molecule has 1 fully saturated rings. The Hall–Kier alpha value is -3.72. The minimum atomic E-state index is -0.831. The summed E-state index contributed by atoms with van der Waals surface area (Å²) in [5, 5.41) is 1.22. The van der Waals surface area contributed by atoms with Crippen LogP contribution in [-0.2, 0) is 54.2 Å². The number of benzene rings is 1. The van der Waals surface area contributed by atoms with E-state index in [4.69, 9.17) is 19.0 Å². The average molecular weight is 873 g/mol. The van der Waals surface area contributed by atoms with Gasteiger partial charge in [-0.2, -0.15) is 0 Å². The number of carbonyl (C=O) groups excluding carboxylic acids is 6. The maximum Gasteiger partial charge on any atom is 0.329 e. The molecule has 1 aliphatic heterocycles. The van der Waals surface area contributed by atoms with Crippen molar-refractivity contribution in [2.24, 2.45) is 35.5 Å². The number of hydrogen-bond acceptors (Lipinski definition) is 12. The number of likely N-dealkylation sites (tertiary alicyclic amines) is 1. The second-order valence-corrected chi connectivity index (χ2v) is 18.2. The van der Waals surface area contributed by atoms with Crippen molar-refractivity contribution in [1.29, 1.82) is 0 Å². The molecule has 0 N–H and O–H groups in total. The molecule has 1 aromatic carbocycles. The Kier molecular flexibility index (Phi) is 23.5. The molecule has 2 amide bonds. The van der Waals surface area contributed by atoms with Gasteiger partial charge in [0.2, 0.25) is 11.8 Å². The lowest BCUT2D eigenvalue weighted by molar-refractivity contribution is -0.214. The molecule has 1 aliphatic rings. The molecule has 0 bridgehead atoms. The van der Waals surface area contributed by atoms with Crippen molar-refractivity contribution in [2.75, 3.05) is 48.1 Å². The van der Waals surface area contributed by atoms with E-state index in [-0.39, 0.29) is 98.6 Å². The highest BCUT2D eigenvalue weighted by molar-refractivity contribution is 5.90. The number of rotatable bonds is 29. The van der Waals surface area contributed by atoms with Crippen molar-refractivity contribution < 1.29 is 47.8 Å². The second kappa shape index (κ2) is 26.8. The van der Waals surface area contributed by atoms with Gasteiger partial charge in [0.15, 0.2) is 12.5 Å². The minimum Gasteiger partial charge on any atom is -0.449 e. The summed E-state index contributed by atoms with van der Waals surface area (Å²) in [6.07, 6.45) is 1.03. The van der Waals surface area contributed by atoms with Gasteiger partial charge < -0.3 is 28.8 Å². The van der Waals surface area contributed by atoms with Gasteiger partial charge in [0.05, 0.1) is 42.7 Å². The first-order valence-electron chi connectivity index (χ1n) is 22.7. The van der Waals surface area contributed by atoms with Gasteiger partial charge in [0, 0.05) is 65.1 Å². The summed E-state index contributed by atoms with van der Waals surface area (Å²) < 4.78 is 16.9. The van der Waals surface area contributed by atoms with Crippen LogP contribution in [0.3, 0.4) is 0 Å². The number of nitrogens with zero attached hydrogens (tertiary/aromatic N) is 4. The molecule has 14 heteroatoms. The summed E-state index contributed by atoms with van der Waals surface area (Å²) in [5.41, 5.74) is 0.858. The molecule has 0 saturated carbocycles. The normalized spacial score (nSPS) is 18.3. The van der Waals surface area contributed by atoms with Gasteiger partial charge in [-0.1, -0.05) is 85.2 Å². The monoisotopic (exact) mass is 873 g/mol. The molecular weight excluding hydrogens is 793 g/mol. The van der Waals surface area contributed by atoms with Crippen LogP contribution in [0.1, 0.15) is 113 Å². The highest BCUT2D eigenvalue weighted by Crippen LogP contribution is 2.32. The lowest BCUT2D eigenvalue weighted by atomic mass is 9.83. The quantitative estimate of drug-likeness (QED) is 0.0510. The molecule has 352 valence electrons. The molecule has 0 spiro atoms. The number of ether oxygens (including phenoxy) is 3. The molecule has 0 aliphatic carbocycles. The largest absolute Gasteiger partial charge is 0.449 e. The zero-order valence-corrected chi connectivity index (χ0v) is 40.3. The van der Waals surface area contributed by atoms with E-state index < -0.39 is 48.0 Å². The molecule has 0 unspecified atom stereocenters. The Morgan fingerprint density at radius 3 is 2.02 bits per heavy atom. The Bertz CT molecular complexity index is 1560. The van der Waals surface area contributed by atoms with Gasteiger partial charge in [-0.05, 0) is 70.4 Å². The van der Waals surface area contributed by atoms with Crippen LogP contribution in [0.15, 0.2) is 30.3 Å². The van der Waals surface area contributed by atoms with Crippen LogP contribution < -0.4 is 0 Å². The Morgan fingerprint density at radius 2 is 1.50 bits per heavy atom. The van der Waals surface area contributed by atoms with E-state index in [1.165, 1.54) is 12.2 Å². The topological polar surface area (TPSA) is 152 Å². The van der Waals surface area contributed by atoms with Crippen molar-refractivity contribution in [3.8, 4) is 0 Å². The van der Waals surface area contributed by atoms with Gasteiger partial charge in [0.25, 0.3) is 6.47 Å². The minimum absolute atomic E-state index is 0.00497. The van der Waals surface area contributed by atoms with E-state index in [1.54, 1.807) is 37.8 Å². The van der Waals surface area contributed by atoms with Crippen LogP contribution in [0.5, 0.6) is 0 Å². The van der Waals surface area contributed by atoms with Crippen LogP contribution >= 0.6 is 0 Å². The third-order valence-corrected chi connectivity index (χ3v) is 13.1. The summed E-state index contributed by atoms with van der Waals surface area (Å²) in [5.74, 6) is -3.18. The molecule has 1 saturated heterocycles. The van der Waals surface area contributed by atoms with Crippen molar-refractivity contribution >= 4 is 35.8 Å². The maximum absolute atomic E-state index is 14.5. The van der Waals surface area contributed by atoms with Gasteiger partial charge in [-0.3, -0.25) is 33.7 Å². The third kappa shape index (κ3) is 15.2. The highest BCUT2D eigenvalue weighted by atomic mass is 16.7. The average Bonchev–Trinajstić information content (AvgIpc) is 3.73. The maximum atomic E-state index is 14.5. The zero-order chi connectivity index (χ0) is 46.8. The van der Waals surface area contributed by atoms with Crippen LogP contribution in [0.2, 0.25) is 0 Å². The summed E-state index contributed by atoms with van der Waals surface area (Å²) >= 11 is 0. The standard InChI is InChI=1S/C48H80N4O10/c1-15-34(9)45(50(12)47(57)38(31(3)4)27-41(55)44(32(5)6)49(11)33(7)8)42(59-13)28-43(56)52-24-20-23-39(52)46(60-14)35(10)40(54)26-37(25-36-21-18-17-19-22-36)48(58)62-51(16-2)29-61-30-53/h17-19,21-22,30-35,37-39,42,44-46H,15-16,20,23-29H2,1-14H3/t34-,35-,37+,38-,39-,42+,44-,45-,46+/m0/s1. The van der Waals surface area contributed by atoms with Gasteiger partial charge in [-0.25, -0.2) is 0 Å². The second-order valence-electron chi connectivity index (χ2n) is 18.2. The van der Waals surface area contributed by atoms with E-state index in [9.17, 15) is 28.8 Å². The van der Waals surface area contributed by atoms with Crippen LogP contribution in [0.4, 0.5) is 0 Å². The molecule has 14 nitrogen and oxygen atoms in total. The van der Waals surface area contributed by atoms with Crippen molar-refractivity contribution in [2.45, 2.75) is 151 Å². The van der Waals surface area contributed by atoms with E-state index in [0.717, 1.165) is 12.0 Å². The number of methoxy groups -OCH3 is 2. The van der Waals surface area contributed by atoms with Crippen molar-refractivity contribution in [3.63, 3.8) is 0 Å². The highest BCUT2D eigenvalue weighted by Gasteiger charge is 2.44. The lowest BCUT2D eigenvalue weighted by Crippen LogP contribution is -2.54.